The number of aromatic nitrogens is 1. The van der Waals surface area contributed by atoms with Crippen molar-refractivity contribution in [2.75, 3.05) is 0 Å². The van der Waals surface area contributed by atoms with Gasteiger partial charge < -0.3 is 5.11 Å². The van der Waals surface area contributed by atoms with Crippen LogP contribution < -0.4 is 0 Å². The second-order valence-corrected chi connectivity index (χ2v) is 4.94. The van der Waals surface area contributed by atoms with Crippen molar-refractivity contribution < 1.29 is 13.9 Å². The molecule has 0 saturated carbocycles. The molecule has 2 nitrogen and oxygen atoms in total. The molecule has 1 aromatic heterocycles. The molecule has 106 valence electrons. The Morgan fingerprint density at radius 1 is 1.10 bits per heavy atom. The summed E-state index contributed by atoms with van der Waals surface area (Å²) in [7, 11) is 0. The number of nitrogens with zero attached hydrogens (tertiary/aromatic N) is 1. The van der Waals surface area contributed by atoms with Gasteiger partial charge >= 0.3 is 0 Å². The van der Waals surface area contributed by atoms with Crippen LogP contribution in [0.25, 0.3) is 10.8 Å². The van der Waals surface area contributed by atoms with E-state index < -0.39 is 17.7 Å². The van der Waals surface area contributed by atoms with Gasteiger partial charge in [-0.15, -0.1) is 0 Å². The molecule has 0 aliphatic carbocycles. The van der Waals surface area contributed by atoms with Crippen molar-refractivity contribution in [3.05, 3.63) is 77.1 Å². The Morgan fingerprint density at radius 3 is 2.71 bits per heavy atom. The van der Waals surface area contributed by atoms with Gasteiger partial charge in [0.25, 0.3) is 0 Å². The summed E-state index contributed by atoms with van der Waals surface area (Å²) in [5.74, 6) is -1.48. The Hall–Kier alpha value is -2.33. The number of hydrogen-bond donors (Lipinski definition) is 1. The van der Waals surface area contributed by atoms with Gasteiger partial charge in [-0.25, -0.2) is 8.78 Å². The minimum atomic E-state index is -1.38. The fourth-order valence-electron chi connectivity index (χ4n) is 2.46. The molecular formula is C17H13F2NO. The molecule has 3 aromatic rings. The molecule has 4 heteroatoms. The van der Waals surface area contributed by atoms with Crippen molar-refractivity contribution in [1.29, 1.82) is 0 Å². The first kappa shape index (κ1) is 13.6. The molecule has 0 bridgehead atoms. The number of aliphatic hydroxyl groups excluding tert-OH is 1. The summed E-state index contributed by atoms with van der Waals surface area (Å²) in [6.45, 7) is 1.54. The average Bonchev–Trinajstić information content (AvgIpc) is 2.50. The Kier molecular flexibility index (Phi) is 3.39. The van der Waals surface area contributed by atoms with E-state index in [1.54, 1.807) is 30.6 Å². The fourth-order valence-corrected chi connectivity index (χ4v) is 2.46. The molecule has 1 unspecified atom stereocenters. The maximum absolute atomic E-state index is 14.2. The van der Waals surface area contributed by atoms with Gasteiger partial charge in [0.1, 0.15) is 17.7 Å². The molecular weight excluding hydrogens is 272 g/mol. The van der Waals surface area contributed by atoms with Gasteiger partial charge in [0.05, 0.1) is 5.56 Å². The number of halogens is 2. The number of rotatable bonds is 2. The Labute approximate surface area is 120 Å². The van der Waals surface area contributed by atoms with Gasteiger partial charge in [-0.2, -0.15) is 0 Å². The van der Waals surface area contributed by atoms with Crippen molar-refractivity contribution in [3.8, 4) is 0 Å². The lowest BCUT2D eigenvalue weighted by Crippen LogP contribution is -2.07. The van der Waals surface area contributed by atoms with E-state index >= 15 is 0 Å². The van der Waals surface area contributed by atoms with Gasteiger partial charge in [0.2, 0.25) is 0 Å². The number of hydrogen-bond acceptors (Lipinski definition) is 2. The van der Waals surface area contributed by atoms with Gasteiger partial charge in [-0.05, 0) is 35.6 Å². The van der Waals surface area contributed by atoms with Crippen LogP contribution in [0.15, 0.2) is 48.8 Å². The third kappa shape index (κ3) is 2.28. The summed E-state index contributed by atoms with van der Waals surface area (Å²) in [5.41, 5.74) is 0.402. The van der Waals surface area contributed by atoms with Crippen molar-refractivity contribution in [1.82, 2.24) is 4.98 Å². The third-order valence-corrected chi connectivity index (χ3v) is 3.61. The molecule has 0 aliphatic rings. The summed E-state index contributed by atoms with van der Waals surface area (Å²) in [5, 5.41) is 12.0. The van der Waals surface area contributed by atoms with Crippen LogP contribution in [0.2, 0.25) is 0 Å². The Balaban J connectivity index is 2.22. The van der Waals surface area contributed by atoms with Gasteiger partial charge in [-0.1, -0.05) is 24.3 Å². The van der Waals surface area contributed by atoms with E-state index in [-0.39, 0.29) is 5.56 Å². The van der Waals surface area contributed by atoms with Crippen LogP contribution in [0, 0.1) is 18.6 Å². The fraction of sp³-hybridized carbons (Fsp3) is 0.118. The maximum atomic E-state index is 14.2. The highest BCUT2D eigenvalue weighted by molar-refractivity contribution is 5.85. The van der Waals surface area contributed by atoms with E-state index in [1.807, 2.05) is 6.07 Å². The number of benzene rings is 2. The van der Waals surface area contributed by atoms with Crippen LogP contribution in [-0.2, 0) is 0 Å². The molecule has 0 radical (unpaired) electrons. The van der Waals surface area contributed by atoms with Crippen LogP contribution in [0.5, 0.6) is 0 Å². The molecule has 0 amide bonds. The van der Waals surface area contributed by atoms with Crippen LogP contribution in [-0.4, -0.2) is 10.1 Å². The predicted octanol–water partition coefficient (Wildman–Crippen LogP) is 3.90. The molecule has 1 N–H and O–H groups in total. The van der Waals surface area contributed by atoms with E-state index in [4.69, 9.17) is 0 Å². The quantitative estimate of drug-likeness (QED) is 0.774. The lowest BCUT2D eigenvalue weighted by molar-refractivity contribution is 0.210. The second-order valence-electron chi connectivity index (χ2n) is 4.94. The average molecular weight is 285 g/mol. The van der Waals surface area contributed by atoms with E-state index in [0.29, 0.717) is 16.5 Å². The highest BCUT2D eigenvalue weighted by Crippen LogP contribution is 2.32. The SMILES string of the molecule is Cc1ccc(F)c(C(O)c2cccc3ccncc23)c1F. The first-order valence-electron chi connectivity index (χ1n) is 6.55. The molecule has 0 fully saturated rings. The molecule has 0 saturated heterocycles. The minimum absolute atomic E-state index is 0.295. The zero-order chi connectivity index (χ0) is 15.0. The predicted molar refractivity (Wildman–Crippen MR) is 76.9 cm³/mol. The lowest BCUT2D eigenvalue weighted by atomic mass is 9.95. The van der Waals surface area contributed by atoms with Gasteiger partial charge in [0, 0.05) is 17.8 Å². The standard InChI is InChI=1S/C17H13F2NO/c1-10-5-6-14(18)15(16(10)19)17(21)12-4-2-3-11-7-8-20-9-13(11)12/h2-9,17,21H,1H3. The first-order chi connectivity index (χ1) is 10.1. The van der Waals surface area contributed by atoms with E-state index in [0.717, 1.165) is 5.39 Å². The molecule has 1 atom stereocenters. The Morgan fingerprint density at radius 2 is 1.90 bits per heavy atom. The highest BCUT2D eigenvalue weighted by atomic mass is 19.1. The summed E-state index contributed by atoms with van der Waals surface area (Å²) in [4.78, 5) is 4.01. The molecule has 0 aliphatic heterocycles. The zero-order valence-electron chi connectivity index (χ0n) is 11.3. The minimum Gasteiger partial charge on any atom is -0.383 e. The second kappa shape index (κ2) is 5.22. The van der Waals surface area contributed by atoms with Crippen LogP contribution in [0.1, 0.15) is 22.8 Å². The van der Waals surface area contributed by atoms with E-state index in [9.17, 15) is 13.9 Å². The largest absolute Gasteiger partial charge is 0.383 e. The van der Waals surface area contributed by atoms with Gasteiger partial charge in [-0.3, -0.25) is 4.98 Å². The number of aliphatic hydroxyl groups is 1. The number of aryl methyl sites for hydroxylation is 1. The maximum Gasteiger partial charge on any atom is 0.135 e. The summed E-state index contributed by atoms with van der Waals surface area (Å²) < 4.78 is 28.1. The van der Waals surface area contributed by atoms with Crippen molar-refractivity contribution >= 4 is 10.8 Å². The van der Waals surface area contributed by atoms with Crippen LogP contribution in [0.3, 0.4) is 0 Å². The smallest absolute Gasteiger partial charge is 0.135 e. The highest BCUT2D eigenvalue weighted by Gasteiger charge is 2.22. The third-order valence-electron chi connectivity index (χ3n) is 3.61. The Bertz CT molecular complexity index is 812. The number of pyridine rings is 1. The van der Waals surface area contributed by atoms with E-state index in [2.05, 4.69) is 4.98 Å². The van der Waals surface area contributed by atoms with Crippen molar-refractivity contribution in [2.24, 2.45) is 0 Å². The van der Waals surface area contributed by atoms with Crippen LogP contribution >= 0.6 is 0 Å². The lowest BCUT2D eigenvalue weighted by Gasteiger charge is -2.16. The van der Waals surface area contributed by atoms with Crippen LogP contribution in [0.4, 0.5) is 8.78 Å². The molecule has 0 spiro atoms. The number of fused-ring (bicyclic) bond motifs is 1. The molecule has 1 heterocycles. The summed E-state index contributed by atoms with van der Waals surface area (Å²) in [6, 6.07) is 9.55. The van der Waals surface area contributed by atoms with Gasteiger partial charge in [0.15, 0.2) is 0 Å². The molecule has 3 rings (SSSR count). The van der Waals surface area contributed by atoms with Crippen molar-refractivity contribution in [2.45, 2.75) is 13.0 Å². The molecule has 21 heavy (non-hydrogen) atoms. The summed E-state index contributed by atoms with van der Waals surface area (Å²) >= 11 is 0. The van der Waals surface area contributed by atoms with E-state index in [1.165, 1.54) is 19.1 Å². The van der Waals surface area contributed by atoms with Crippen molar-refractivity contribution in [3.63, 3.8) is 0 Å². The zero-order valence-corrected chi connectivity index (χ0v) is 11.3. The normalized spacial score (nSPS) is 12.6. The summed E-state index contributed by atoms with van der Waals surface area (Å²) in [6.07, 6.45) is 1.84. The molecule has 2 aromatic carbocycles. The first-order valence-corrected chi connectivity index (χ1v) is 6.55. The topological polar surface area (TPSA) is 33.1 Å². The monoisotopic (exact) mass is 285 g/mol.